The molecule has 0 bridgehead atoms. The van der Waals surface area contributed by atoms with Gasteiger partial charge < -0.3 is 9.84 Å². The van der Waals surface area contributed by atoms with E-state index in [0.29, 0.717) is 16.3 Å². The van der Waals surface area contributed by atoms with Crippen LogP contribution in [0.15, 0.2) is 18.2 Å². The molecule has 0 saturated carbocycles. The summed E-state index contributed by atoms with van der Waals surface area (Å²) in [6.45, 7) is -0.583. The van der Waals surface area contributed by atoms with Crippen molar-refractivity contribution in [1.29, 1.82) is 0 Å². The van der Waals surface area contributed by atoms with Crippen molar-refractivity contribution in [1.82, 2.24) is 4.31 Å². The maximum atomic E-state index is 11.9. The Labute approximate surface area is 116 Å². The van der Waals surface area contributed by atoms with Crippen molar-refractivity contribution in [2.75, 3.05) is 20.7 Å². The van der Waals surface area contributed by atoms with Gasteiger partial charge in [0.1, 0.15) is 12.3 Å². The second kappa shape index (κ2) is 6.23. The molecule has 1 rings (SSSR count). The lowest BCUT2D eigenvalue weighted by atomic mass is 10.2. The molecule has 1 N–H and O–H groups in total. The third-order valence-electron chi connectivity index (χ3n) is 2.35. The maximum Gasteiger partial charge on any atom is 0.318 e. The number of hydrogen-bond acceptors (Lipinski definition) is 4. The molecule has 6 nitrogen and oxygen atoms in total. The lowest BCUT2D eigenvalue weighted by Gasteiger charge is -2.15. The van der Waals surface area contributed by atoms with Crippen LogP contribution in [-0.4, -0.2) is 44.5 Å². The molecule has 19 heavy (non-hydrogen) atoms. The highest BCUT2D eigenvalue weighted by Gasteiger charge is 2.21. The van der Waals surface area contributed by atoms with Crippen LogP contribution in [0.2, 0.25) is 5.02 Å². The minimum absolute atomic E-state index is 0.340. The number of ether oxygens (including phenoxy) is 1. The number of rotatable bonds is 6. The summed E-state index contributed by atoms with van der Waals surface area (Å²) >= 11 is 5.84. The highest BCUT2D eigenvalue weighted by Crippen LogP contribution is 2.22. The number of aliphatic carboxylic acids is 1. The number of carboxylic acids is 1. The summed E-state index contributed by atoms with van der Waals surface area (Å²) in [5.41, 5.74) is 0.432. The van der Waals surface area contributed by atoms with E-state index in [1.807, 2.05) is 0 Å². The van der Waals surface area contributed by atoms with Crippen LogP contribution in [0.25, 0.3) is 0 Å². The fourth-order valence-corrected chi connectivity index (χ4v) is 2.79. The highest BCUT2D eigenvalue weighted by molar-refractivity contribution is 7.88. The molecular formula is C11H14ClNO5S. The molecule has 0 spiro atoms. The second-order valence-electron chi connectivity index (χ2n) is 3.91. The third-order valence-corrected chi connectivity index (χ3v) is 4.34. The number of carboxylic acid groups (broad SMARTS) is 1. The van der Waals surface area contributed by atoms with Crippen molar-refractivity contribution in [3.05, 3.63) is 28.8 Å². The van der Waals surface area contributed by atoms with E-state index in [1.54, 1.807) is 6.07 Å². The summed E-state index contributed by atoms with van der Waals surface area (Å²) in [6, 6.07) is 4.59. The average molecular weight is 308 g/mol. The largest absolute Gasteiger partial charge is 0.497 e. The van der Waals surface area contributed by atoms with E-state index >= 15 is 0 Å². The van der Waals surface area contributed by atoms with Crippen molar-refractivity contribution in [2.45, 2.75) is 5.75 Å². The SMILES string of the molecule is COc1cc(Cl)cc(CS(=O)(=O)N(C)CC(=O)O)c1. The maximum absolute atomic E-state index is 11.9. The number of likely N-dealkylation sites (N-methyl/N-ethyl adjacent to an activating group) is 1. The van der Waals surface area contributed by atoms with E-state index < -0.39 is 22.5 Å². The highest BCUT2D eigenvalue weighted by atomic mass is 35.5. The van der Waals surface area contributed by atoms with E-state index in [-0.39, 0.29) is 5.75 Å². The van der Waals surface area contributed by atoms with E-state index in [0.717, 1.165) is 4.31 Å². The zero-order chi connectivity index (χ0) is 14.6. The number of nitrogens with zero attached hydrogens (tertiary/aromatic N) is 1. The molecule has 0 amide bonds. The molecule has 0 fully saturated rings. The Hall–Kier alpha value is -1.31. The number of sulfonamides is 1. The zero-order valence-corrected chi connectivity index (χ0v) is 12.0. The number of methoxy groups -OCH3 is 1. The molecule has 1 aromatic rings. The predicted molar refractivity (Wildman–Crippen MR) is 70.9 cm³/mol. The van der Waals surface area contributed by atoms with Gasteiger partial charge in [0.15, 0.2) is 0 Å². The van der Waals surface area contributed by atoms with Gasteiger partial charge in [-0.25, -0.2) is 8.42 Å². The zero-order valence-electron chi connectivity index (χ0n) is 10.5. The Morgan fingerprint density at radius 1 is 1.42 bits per heavy atom. The van der Waals surface area contributed by atoms with Gasteiger partial charge >= 0.3 is 5.97 Å². The fraction of sp³-hybridized carbons (Fsp3) is 0.364. The molecule has 0 aliphatic carbocycles. The standard InChI is InChI=1S/C11H14ClNO5S/c1-13(6-11(14)15)19(16,17)7-8-3-9(12)5-10(4-8)18-2/h3-5H,6-7H2,1-2H3,(H,14,15). The van der Waals surface area contributed by atoms with Crippen LogP contribution in [0, 0.1) is 0 Å². The first-order valence-corrected chi connectivity index (χ1v) is 7.22. The predicted octanol–water partition coefficient (Wildman–Crippen LogP) is 1.19. The summed E-state index contributed by atoms with van der Waals surface area (Å²) in [7, 11) is -1.05. The first-order chi connectivity index (χ1) is 8.74. The van der Waals surface area contributed by atoms with Crippen LogP contribution in [0.4, 0.5) is 0 Å². The Balaban J connectivity index is 2.95. The molecule has 0 aliphatic rings. The van der Waals surface area contributed by atoms with Crippen molar-refractivity contribution in [3.63, 3.8) is 0 Å². The average Bonchev–Trinajstić information content (AvgIpc) is 2.26. The van der Waals surface area contributed by atoms with Gasteiger partial charge in [-0.3, -0.25) is 4.79 Å². The smallest absolute Gasteiger partial charge is 0.318 e. The number of hydrogen-bond donors (Lipinski definition) is 1. The lowest BCUT2D eigenvalue weighted by Crippen LogP contribution is -2.32. The molecule has 8 heteroatoms. The minimum atomic E-state index is -3.71. The molecule has 0 aromatic heterocycles. The van der Waals surface area contributed by atoms with Gasteiger partial charge in [0, 0.05) is 12.1 Å². The summed E-state index contributed by atoms with van der Waals surface area (Å²) in [5, 5.41) is 8.94. The van der Waals surface area contributed by atoms with Crippen LogP contribution < -0.4 is 4.74 Å². The summed E-state index contributed by atoms with van der Waals surface area (Å²) < 4.78 is 29.6. The van der Waals surface area contributed by atoms with E-state index in [2.05, 4.69) is 0 Å². The second-order valence-corrected chi connectivity index (χ2v) is 6.42. The number of benzene rings is 1. The van der Waals surface area contributed by atoms with Crippen LogP contribution in [0.5, 0.6) is 5.75 Å². The van der Waals surface area contributed by atoms with E-state index in [9.17, 15) is 13.2 Å². The van der Waals surface area contributed by atoms with Crippen molar-refractivity contribution in [2.24, 2.45) is 0 Å². The first kappa shape index (κ1) is 15.7. The molecule has 1 aromatic carbocycles. The van der Waals surface area contributed by atoms with Crippen molar-refractivity contribution < 1.29 is 23.1 Å². The van der Waals surface area contributed by atoms with Gasteiger partial charge in [-0.2, -0.15) is 4.31 Å². The molecule has 0 unspecified atom stereocenters. The Bertz CT molecular complexity index is 572. The Morgan fingerprint density at radius 2 is 2.05 bits per heavy atom. The molecular weight excluding hydrogens is 294 g/mol. The topological polar surface area (TPSA) is 83.9 Å². The minimum Gasteiger partial charge on any atom is -0.497 e. The van der Waals surface area contributed by atoms with Gasteiger partial charge in [-0.05, 0) is 23.8 Å². The fourth-order valence-electron chi connectivity index (χ4n) is 1.43. The molecule has 0 aliphatic heterocycles. The van der Waals surface area contributed by atoms with Gasteiger partial charge in [0.25, 0.3) is 0 Å². The van der Waals surface area contributed by atoms with Crippen LogP contribution >= 0.6 is 11.6 Å². The van der Waals surface area contributed by atoms with Gasteiger partial charge in [-0.15, -0.1) is 0 Å². The molecule has 0 heterocycles. The molecule has 0 saturated heterocycles. The Kier molecular flexibility index (Phi) is 5.16. The molecule has 106 valence electrons. The number of carbonyl (C=O) groups is 1. The van der Waals surface area contributed by atoms with E-state index in [1.165, 1.54) is 26.3 Å². The quantitative estimate of drug-likeness (QED) is 0.853. The summed E-state index contributed by atoms with van der Waals surface area (Å²) in [4.78, 5) is 10.5. The van der Waals surface area contributed by atoms with Gasteiger partial charge in [-0.1, -0.05) is 11.6 Å². The van der Waals surface area contributed by atoms with Crippen LogP contribution in [0.1, 0.15) is 5.56 Å². The van der Waals surface area contributed by atoms with Gasteiger partial charge in [0.2, 0.25) is 10.0 Å². The first-order valence-electron chi connectivity index (χ1n) is 5.24. The monoisotopic (exact) mass is 307 g/mol. The van der Waals surface area contributed by atoms with Crippen molar-refractivity contribution >= 4 is 27.6 Å². The summed E-state index contributed by atoms with van der Waals surface area (Å²) in [6.07, 6.45) is 0. The summed E-state index contributed by atoms with van der Waals surface area (Å²) in [5.74, 6) is -1.11. The lowest BCUT2D eigenvalue weighted by molar-refractivity contribution is -0.137. The number of halogens is 1. The van der Waals surface area contributed by atoms with E-state index in [4.69, 9.17) is 21.4 Å². The molecule has 0 radical (unpaired) electrons. The van der Waals surface area contributed by atoms with Gasteiger partial charge in [0.05, 0.1) is 12.9 Å². The van der Waals surface area contributed by atoms with Crippen LogP contribution in [-0.2, 0) is 20.6 Å². The Morgan fingerprint density at radius 3 is 2.58 bits per heavy atom. The van der Waals surface area contributed by atoms with Crippen LogP contribution in [0.3, 0.4) is 0 Å². The molecule has 0 atom stereocenters. The van der Waals surface area contributed by atoms with Crippen molar-refractivity contribution in [3.8, 4) is 5.75 Å². The third kappa shape index (κ3) is 4.70. The normalized spacial score (nSPS) is 11.6.